The van der Waals surface area contributed by atoms with E-state index in [0.717, 1.165) is 6.54 Å². The number of hydrogen-bond donors (Lipinski definition) is 1. The summed E-state index contributed by atoms with van der Waals surface area (Å²) in [5, 5.41) is 4.68. The lowest BCUT2D eigenvalue weighted by atomic mass is 10.1. The zero-order valence-electron chi connectivity index (χ0n) is 11.8. The lowest BCUT2D eigenvalue weighted by molar-refractivity contribution is 0.102. The number of aromatic nitrogens is 2. The van der Waals surface area contributed by atoms with Crippen LogP contribution in [0.5, 0.6) is 0 Å². The third-order valence-electron chi connectivity index (χ3n) is 3.03. The third kappa shape index (κ3) is 3.64. The molecule has 112 valence electrons. The second kappa shape index (κ2) is 6.60. The highest BCUT2D eigenvalue weighted by molar-refractivity contribution is 9.10. The van der Waals surface area contributed by atoms with Gasteiger partial charge in [-0.1, -0.05) is 11.6 Å². The average Bonchev–Trinajstić information content (AvgIpc) is 2.80. The van der Waals surface area contributed by atoms with Crippen LogP contribution in [0.25, 0.3) is 0 Å². The Labute approximate surface area is 136 Å². The van der Waals surface area contributed by atoms with Gasteiger partial charge in [0.15, 0.2) is 0 Å². The van der Waals surface area contributed by atoms with E-state index in [2.05, 4.69) is 21.0 Å². The van der Waals surface area contributed by atoms with Crippen molar-refractivity contribution in [1.29, 1.82) is 0 Å². The van der Waals surface area contributed by atoms with Crippen LogP contribution in [0.15, 0.2) is 28.9 Å². The lowest BCUT2D eigenvalue weighted by Gasteiger charge is -2.12. The van der Waals surface area contributed by atoms with Gasteiger partial charge in [0.2, 0.25) is 5.78 Å². The number of anilines is 1. The van der Waals surface area contributed by atoms with Crippen LogP contribution >= 0.6 is 27.5 Å². The predicted molar refractivity (Wildman–Crippen MR) is 87.8 cm³/mol. The van der Waals surface area contributed by atoms with E-state index in [1.54, 1.807) is 29.1 Å². The first kappa shape index (κ1) is 16.0. The Morgan fingerprint density at radius 1 is 1.48 bits per heavy atom. The van der Waals surface area contributed by atoms with E-state index < -0.39 is 0 Å². The largest absolute Gasteiger partial charge is 0.398 e. The topological polar surface area (TPSA) is 64.2 Å². The van der Waals surface area contributed by atoms with Crippen LogP contribution in [0.2, 0.25) is 5.02 Å². The molecule has 21 heavy (non-hydrogen) atoms. The first-order valence-corrected chi connectivity index (χ1v) is 7.53. The number of benzene rings is 1. The number of nitrogens with zero attached hydrogens (tertiary/aromatic N) is 3. The van der Waals surface area contributed by atoms with Gasteiger partial charge in [-0.15, -0.1) is 0 Å². The zero-order valence-corrected chi connectivity index (χ0v) is 14.1. The molecule has 0 amide bonds. The number of ketones is 1. The second-order valence-electron chi connectivity index (χ2n) is 4.93. The summed E-state index contributed by atoms with van der Waals surface area (Å²) >= 11 is 9.27. The third-order valence-corrected chi connectivity index (χ3v) is 3.95. The van der Waals surface area contributed by atoms with Crippen LogP contribution in [-0.4, -0.2) is 41.1 Å². The molecule has 5 nitrogen and oxygen atoms in total. The maximum atomic E-state index is 12.7. The standard InChI is InChI=1S/C14H16BrClN4O/c1-19(2)5-6-20-13(10(15)8-18-20)14(21)9-3-4-11(16)12(17)7-9/h3-4,7-8H,5-6,17H2,1-2H3. The molecule has 2 N–H and O–H groups in total. The molecule has 7 heteroatoms. The first-order chi connectivity index (χ1) is 9.90. The minimum absolute atomic E-state index is 0.138. The molecule has 0 bridgehead atoms. The van der Waals surface area contributed by atoms with Gasteiger partial charge < -0.3 is 10.6 Å². The molecule has 0 aliphatic rings. The quantitative estimate of drug-likeness (QED) is 0.648. The van der Waals surface area contributed by atoms with Gasteiger partial charge in [0, 0.05) is 12.1 Å². The Balaban J connectivity index is 2.34. The number of likely N-dealkylation sites (N-methyl/N-ethyl adjacent to an activating group) is 1. The van der Waals surface area contributed by atoms with Gasteiger partial charge >= 0.3 is 0 Å². The maximum absolute atomic E-state index is 12.7. The van der Waals surface area contributed by atoms with Crippen LogP contribution in [-0.2, 0) is 6.54 Å². The Kier molecular flexibility index (Phi) is 5.03. The van der Waals surface area contributed by atoms with Crippen molar-refractivity contribution in [3.05, 3.63) is 45.1 Å². The average molecular weight is 372 g/mol. The van der Waals surface area contributed by atoms with Crippen LogP contribution in [0.3, 0.4) is 0 Å². The van der Waals surface area contributed by atoms with Gasteiger partial charge in [-0.05, 0) is 48.2 Å². The highest BCUT2D eigenvalue weighted by Crippen LogP contribution is 2.24. The Hall–Kier alpha value is -1.37. The van der Waals surface area contributed by atoms with E-state index in [1.807, 2.05) is 19.0 Å². The number of carbonyl (C=O) groups is 1. The zero-order chi connectivity index (χ0) is 15.6. The molecule has 0 aliphatic heterocycles. The number of carbonyl (C=O) groups excluding carboxylic acids is 1. The molecule has 1 aromatic carbocycles. The van der Waals surface area contributed by atoms with Gasteiger partial charge in [0.25, 0.3) is 0 Å². The minimum atomic E-state index is -0.138. The van der Waals surface area contributed by atoms with Gasteiger partial charge in [-0.3, -0.25) is 9.48 Å². The summed E-state index contributed by atoms with van der Waals surface area (Å²) in [6.07, 6.45) is 1.63. The fraction of sp³-hybridized carbons (Fsp3) is 0.286. The summed E-state index contributed by atoms with van der Waals surface area (Å²) in [6.45, 7) is 1.42. The van der Waals surface area contributed by atoms with Gasteiger partial charge in [-0.25, -0.2) is 0 Å². The number of hydrogen-bond acceptors (Lipinski definition) is 4. The van der Waals surface area contributed by atoms with Crippen molar-refractivity contribution < 1.29 is 4.79 Å². The van der Waals surface area contributed by atoms with Crippen molar-refractivity contribution in [2.45, 2.75) is 6.54 Å². The molecule has 0 saturated heterocycles. The molecule has 1 aromatic heterocycles. The van der Waals surface area contributed by atoms with E-state index in [4.69, 9.17) is 17.3 Å². The fourth-order valence-electron chi connectivity index (χ4n) is 1.87. The molecule has 2 aromatic rings. The molecular weight excluding hydrogens is 356 g/mol. The van der Waals surface area contributed by atoms with E-state index in [-0.39, 0.29) is 5.78 Å². The SMILES string of the molecule is CN(C)CCn1ncc(Br)c1C(=O)c1ccc(Cl)c(N)c1. The molecule has 0 aliphatic carbocycles. The molecule has 2 rings (SSSR count). The maximum Gasteiger partial charge on any atom is 0.212 e. The summed E-state index contributed by atoms with van der Waals surface area (Å²) in [5.74, 6) is -0.138. The fourth-order valence-corrected chi connectivity index (χ4v) is 2.47. The summed E-state index contributed by atoms with van der Waals surface area (Å²) in [4.78, 5) is 14.7. The van der Waals surface area contributed by atoms with Gasteiger partial charge in [0.05, 0.1) is 27.9 Å². The van der Waals surface area contributed by atoms with E-state index >= 15 is 0 Å². The van der Waals surface area contributed by atoms with E-state index in [1.165, 1.54) is 0 Å². The van der Waals surface area contributed by atoms with Gasteiger partial charge in [0.1, 0.15) is 5.69 Å². The molecule has 0 radical (unpaired) electrons. The van der Waals surface area contributed by atoms with Crippen molar-refractivity contribution in [3.63, 3.8) is 0 Å². The lowest BCUT2D eigenvalue weighted by Crippen LogP contribution is -2.21. The summed E-state index contributed by atoms with van der Waals surface area (Å²) in [6, 6.07) is 4.87. The molecule has 0 spiro atoms. The van der Waals surface area contributed by atoms with Crippen molar-refractivity contribution in [2.24, 2.45) is 0 Å². The molecule has 0 saturated carbocycles. The van der Waals surface area contributed by atoms with E-state index in [0.29, 0.717) is 33.0 Å². The van der Waals surface area contributed by atoms with Crippen molar-refractivity contribution >= 4 is 39.0 Å². The van der Waals surface area contributed by atoms with Crippen LogP contribution in [0.4, 0.5) is 5.69 Å². The molecule has 0 fully saturated rings. The Bertz CT molecular complexity index is 669. The molecular formula is C14H16BrClN4O. The van der Waals surface area contributed by atoms with Crippen LogP contribution < -0.4 is 5.73 Å². The van der Waals surface area contributed by atoms with Crippen molar-refractivity contribution in [2.75, 3.05) is 26.4 Å². The summed E-state index contributed by atoms with van der Waals surface area (Å²) in [5.41, 5.74) is 7.15. The van der Waals surface area contributed by atoms with Crippen molar-refractivity contribution in [1.82, 2.24) is 14.7 Å². The number of nitrogens with two attached hydrogens (primary N) is 1. The number of halogens is 2. The minimum Gasteiger partial charge on any atom is -0.398 e. The summed E-state index contributed by atoms with van der Waals surface area (Å²) in [7, 11) is 3.94. The Morgan fingerprint density at radius 2 is 2.19 bits per heavy atom. The highest BCUT2D eigenvalue weighted by atomic mass is 79.9. The monoisotopic (exact) mass is 370 g/mol. The second-order valence-corrected chi connectivity index (χ2v) is 6.19. The smallest absolute Gasteiger partial charge is 0.212 e. The van der Waals surface area contributed by atoms with Crippen LogP contribution in [0, 0.1) is 0 Å². The first-order valence-electron chi connectivity index (χ1n) is 6.36. The van der Waals surface area contributed by atoms with Crippen LogP contribution in [0.1, 0.15) is 16.1 Å². The Morgan fingerprint density at radius 3 is 2.81 bits per heavy atom. The molecule has 1 heterocycles. The predicted octanol–water partition coefficient (Wildman–Crippen LogP) is 2.67. The normalized spacial score (nSPS) is 11.1. The highest BCUT2D eigenvalue weighted by Gasteiger charge is 2.19. The van der Waals surface area contributed by atoms with Crippen molar-refractivity contribution in [3.8, 4) is 0 Å². The van der Waals surface area contributed by atoms with Gasteiger partial charge in [-0.2, -0.15) is 5.10 Å². The van der Waals surface area contributed by atoms with E-state index in [9.17, 15) is 4.79 Å². The number of nitrogen functional groups attached to an aromatic ring is 1. The molecule has 0 unspecified atom stereocenters. The number of rotatable bonds is 5. The summed E-state index contributed by atoms with van der Waals surface area (Å²) < 4.78 is 2.36. The molecule has 0 atom stereocenters.